The van der Waals surface area contributed by atoms with Gasteiger partial charge in [0.1, 0.15) is 12.2 Å². The van der Waals surface area contributed by atoms with Crippen LogP contribution in [-0.2, 0) is 4.79 Å². The molecule has 0 spiro atoms. The SMILES string of the molecule is NC(CSC(c1ccc(Cl)cc1)c1ccc(-n2ncc(=O)[nH]c2=O)cc1Cl)C(=O)O. The summed E-state index contributed by atoms with van der Waals surface area (Å²) in [6, 6.07) is 11.0. The van der Waals surface area contributed by atoms with Crippen LogP contribution in [0, 0.1) is 0 Å². The van der Waals surface area contributed by atoms with E-state index in [4.69, 9.17) is 34.0 Å². The number of nitrogens with one attached hydrogen (secondary N) is 1. The summed E-state index contributed by atoms with van der Waals surface area (Å²) in [6.07, 6.45) is 0.989. The lowest BCUT2D eigenvalue weighted by atomic mass is 10.0. The summed E-state index contributed by atoms with van der Waals surface area (Å²) in [7, 11) is 0. The standard InChI is InChI=1S/C19H16Cl2N4O4S/c20-11-3-1-10(2-4-11)17(30-9-15(22)18(27)28)13-6-5-12(7-14(13)21)25-19(29)24-16(26)8-23-25/h1-8,15,17H,9,22H2,(H,27,28)(H,24,26,29). The number of thioether (sulfide) groups is 1. The van der Waals surface area contributed by atoms with Crippen LogP contribution in [0.1, 0.15) is 16.4 Å². The van der Waals surface area contributed by atoms with Crippen LogP contribution in [0.25, 0.3) is 5.69 Å². The number of aliphatic carboxylic acids is 1. The van der Waals surface area contributed by atoms with Crippen molar-refractivity contribution in [3.05, 3.63) is 90.7 Å². The predicted molar refractivity (Wildman–Crippen MR) is 117 cm³/mol. The Morgan fingerprint density at radius 1 is 1.20 bits per heavy atom. The third kappa shape index (κ3) is 5.11. The number of H-pyrrole nitrogens is 1. The normalized spacial score (nSPS) is 13.0. The molecule has 2 atom stereocenters. The smallest absolute Gasteiger partial charge is 0.349 e. The van der Waals surface area contributed by atoms with Gasteiger partial charge >= 0.3 is 11.7 Å². The number of hydrogen-bond acceptors (Lipinski definition) is 6. The van der Waals surface area contributed by atoms with E-state index in [-0.39, 0.29) is 11.0 Å². The number of carboxylic acid groups (broad SMARTS) is 1. The van der Waals surface area contributed by atoms with Gasteiger partial charge < -0.3 is 10.8 Å². The van der Waals surface area contributed by atoms with Gasteiger partial charge in [-0.05, 0) is 35.4 Å². The first kappa shape index (κ1) is 22.1. The third-order valence-corrected chi connectivity index (χ3v) is 6.15. The van der Waals surface area contributed by atoms with Crippen LogP contribution in [0.2, 0.25) is 10.0 Å². The molecule has 0 radical (unpaired) electrons. The molecule has 4 N–H and O–H groups in total. The van der Waals surface area contributed by atoms with Crippen LogP contribution >= 0.6 is 35.0 Å². The highest BCUT2D eigenvalue weighted by Crippen LogP contribution is 2.40. The molecular weight excluding hydrogens is 451 g/mol. The number of aromatic nitrogens is 3. The molecule has 3 rings (SSSR count). The fourth-order valence-corrected chi connectivity index (χ4v) is 4.42. The molecule has 0 fully saturated rings. The average Bonchev–Trinajstić information content (AvgIpc) is 2.70. The number of hydrogen-bond donors (Lipinski definition) is 3. The molecule has 0 aliphatic carbocycles. The predicted octanol–water partition coefficient (Wildman–Crippen LogP) is 2.46. The largest absolute Gasteiger partial charge is 0.480 e. The Labute approximate surface area is 184 Å². The van der Waals surface area contributed by atoms with Crippen molar-refractivity contribution in [3.8, 4) is 5.69 Å². The summed E-state index contributed by atoms with van der Waals surface area (Å²) in [5.74, 6) is -0.941. The van der Waals surface area contributed by atoms with Crippen molar-refractivity contribution in [1.29, 1.82) is 0 Å². The molecule has 0 aliphatic heterocycles. The number of nitrogens with two attached hydrogens (primary N) is 1. The minimum Gasteiger partial charge on any atom is -0.480 e. The Kier molecular flexibility index (Phi) is 6.99. The van der Waals surface area contributed by atoms with Crippen LogP contribution in [0.15, 0.2) is 58.3 Å². The number of carbonyl (C=O) groups is 1. The van der Waals surface area contributed by atoms with Crippen molar-refractivity contribution in [1.82, 2.24) is 14.8 Å². The van der Waals surface area contributed by atoms with E-state index in [1.165, 1.54) is 11.8 Å². The highest BCUT2D eigenvalue weighted by molar-refractivity contribution is 7.99. The average molecular weight is 467 g/mol. The quantitative estimate of drug-likeness (QED) is 0.487. The second-order valence-corrected chi connectivity index (χ2v) is 8.25. The van der Waals surface area contributed by atoms with Gasteiger partial charge in [-0.3, -0.25) is 14.6 Å². The molecule has 156 valence electrons. The first-order chi connectivity index (χ1) is 14.3. The summed E-state index contributed by atoms with van der Waals surface area (Å²) in [5.41, 5.74) is 6.29. The first-order valence-corrected chi connectivity index (χ1v) is 10.4. The van der Waals surface area contributed by atoms with E-state index in [1.54, 1.807) is 30.3 Å². The van der Waals surface area contributed by atoms with Gasteiger partial charge in [0.15, 0.2) is 0 Å². The second-order valence-electron chi connectivity index (χ2n) is 6.27. The zero-order chi connectivity index (χ0) is 21.8. The monoisotopic (exact) mass is 466 g/mol. The summed E-state index contributed by atoms with van der Waals surface area (Å²) in [5, 5.41) is 13.5. The van der Waals surface area contributed by atoms with Gasteiger partial charge in [-0.25, -0.2) is 4.79 Å². The fraction of sp³-hybridized carbons (Fsp3) is 0.158. The summed E-state index contributed by atoms with van der Waals surface area (Å²) in [4.78, 5) is 36.4. The Morgan fingerprint density at radius 3 is 2.50 bits per heavy atom. The van der Waals surface area contributed by atoms with Crippen molar-refractivity contribution in [3.63, 3.8) is 0 Å². The van der Waals surface area contributed by atoms with Crippen molar-refractivity contribution in [2.75, 3.05) is 5.75 Å². The molecule has 0 aliphatic rings. The maximum atomic E-state index is 12.0. The molecule has 8 nitrogen and oxygen atoms in total. The van der Waals surface area contributed by atoms with Crippen LogP contribution in [0.3, 0.4) is 0 Å². The van der Waals surface area contributed by atoms with Gasteiger partial charge in [-0.15, -0.1) is 11.8 Å². The van der Waals surface area contributed by atoms with Gasteiger partial charge in [0.05, 0.1) is 10.9 Å². The molecule has 30 heavy (non-hydrogen) atoms. The third-order valence-electron chi connectivity index (χ3n) is 4.16. The van der Waals surface area contributed by atoms with Crippen LogP contribution in [-0.4, -0.2) is 37.6 Å². The number of aromatic amines is 1. The van der Waals surface area contributed by atoms with E-state index in [2.05, 4.69) is 10.1 Å². The second kappa shape index (κ2) is 9.48. The minimum atomic E-state index is -1.10. The van der Waals surface area contributed by atoms with E-state index in [0.717, 1.165) is 16.4 Å². The van der Waals surface area contributed by atoms with Crippen molar-refractivity contribution in [2.45, 2.75) is 11.3 Å². The molecule has 11 heteroatoms. The first-order valence-electron chi connectivity index (χ1n) is 8.60. The Hall–Kier alpha value is -2.59. The molecule has 2 aromatic carbocycles. The number of nitrogens with zero attached hydrogens (tertiary/aromatic N) is 2. The molecule has 1 aromatic heterocycles. The lowest BCUT2D eigenvalue weighted by Crippen LogP contribution is -2.32. The van der Waals surface area contributed by atoms with Crippen molar-refractivity contribution < 1.29 is 9.90 Å². The topological polar surface area (TPSA) is 131 Å². The number of rotatable bonds is 7. The Balaban J connectivity index is 1.99. The molecule has 1 heterocycles. The lowest BCUT2D eigenvalue weighted by Gasteiger charge is -2.21. The molecule has 0 amide bonds. The summed E-state index contributed by atoms with van der Waals surface area (Å²) in [6.45, 7) is 0. The van der Waals surface area contributed by atoms with Gasteiger partial charge in [0.25, 0.3) is 5.56 Å². The van der Waals surface area contributed by atoms with E-state index >= 15 is 0 Å². The summed E-state index contributed by atoms with van der Waals surface area (Å²) >= 11 is 13.8. The molecule has 0 saturated heterocycles. The van der Waals surface area contributed by atoms with Crippen molar-refractivity contribution in [2.24, 2.45) is 5.73 Å². The van der Waals surface area contributed by atoms with Gasteiger partial charge in [0.2, 0.25) is 0 Å². The number of carboxylic acids is 1. The van der Waals surface area contributed by atoms with E-state index < -0.39 is 23.3 Å². The summed E-state index contributed by atoms with van der Waals surface area (Å²) < 4.78 is 1.02. The minimum absolute atomic E-state index is 0.154. The lowest BCUT2D eigenvalue weighted by molar-refractivity contribution is -0.137. The van der Waals surface area contributed by atoms with E-state index in [1.807, 2.05) is 12.1 Å². The highest BCUT2D eigenvalue weighted by atomic mass is 35.5. The van der Waals surface area contributed by atoms with E-state index in [9.17, 15) is 14.4 Å². The van der Waals surface area contributed by atoms with E-state index in [0.29, 0.717) is 21.3 Å². The molecule has 3 aromatic rings. The fourth-order valence-electron chi connectivity index (χ4n) is 2.67. The number of halogens is 2. The molecule has 0 bridgehead atoms. The van der Waals surface area contributed by atoms with Gasteiger partial charge in [-0.1, -0.05) is 41.4 Å². The van der Waals surface area contributed by atoms with Crippen molar-refractivity contribution >= 4 is 40.9 Å². The molecular formula is C19H16Cl2N4O4S. The Bertz CT molecular complexity index is 1180. The van der Waals surface area contributed by atoms with Crippen LogP contribution < -0.4 is 17.0 Å². The zero-order valence-corrected chi connectivity index (χ0v) is 17.6. The highest BCUT2D eigenvalue weighted by Gasteiger charge is 2.22. The Morgan fingerprint density at radius 2 is 1.90 bits per heavy atom. The van der Waals surface area contributed by atoms with Crippen LogP contribution in [0.5, 0.6) is 0 Å². The molecule has 2 unspecified atom stereocenters. The maximum Gasteiger partial charge on any atom is 0.349 e. The molecule has 0 saturated carbocycles. The van der Waals surface area contributed by atoms with Gasteiger partial charge in [-0.2, -0.15) is 9.78 Å². The van der Waals surface area contributed by atoms with Gasteiger partial charge in [0, 0.05) is 15.8 Å². The van der Waals surface area contributed by atoms with Crippen LogP contribution in [0.4, 0.5) is 0 Å². The zero-order valence-electron chi connectivity index (χ0n) is 15.3. The maximum absolute atomic E-state index is 12.0. The number of benzene rings is 2.